The second-order valence-electron chi connectivity index (χ2n) is 6.24. The van der Waals surface area contributed by atoms with Gasteiger partial charge in [-0.2, -0.15) is 0 Å². The first kappa shape index (κ1) is 13.8. The average molecular weight is 275 g/mol. The van der Waals surface area contributed by atoms with Gasteiger partial charge in [-0.1, -0.05) is 25.3 Å². The summed E-state index contributed by atoms with van der Waals surface area (Å²) >= 11 is 0. The molecule has 2 fully saturated rings. The van der Waals surface area contributed by atoms with E-state index in [4.69, 9.17) is 0 Å². The number of nitrogens with zero attached hydrogens (tertiary/aromatic N) is 3. The van der Waals surface area contributed by atoms with Gasteiger partial charge < -0.3 is 10.0 Å². The van der Waals surface area contributed by atoms with E-state index in [9.17, 15) is 5.11 Å². The number of piperazine rings is 1. The Hall–Kier alpha value is -1.13. The fourth-order valence-electron chi connectivity index (χ4n) is 3.46. The molecule has 0 aromatic carbocycles. The summed E-state index contributed by atoms with van der Waals surface area (Å²) < 4.78 is 0. The number of hydrogen-bond donors (Lipinski definition) is 1. The molecule has 0 atom stereocenters. The number of anilines is 1. The van der Waals surface area contributed by atoms with E-state index in [1.807, 2.05) is 18.3 Å². The van der Waals surface area contributed by atoms with E-state index >= 15 is 0 Å². The van der Waals surface area contributed by atoms with Crippen molar-refractivity contribution in [2.45, 2.75) is 37.7 Å². The van der Waals surface area contributed by atoms with Crippen LogP contribution in [0.4, 0.5) is 5.82 Å². The molecule has 110 valence electrons. The van der Waals surface area contributed by atoms with Gasteiger partial charge >= 0.3 is 0 Å². The van der Waals surface area contributed by atoms with Gasteiger partial charge in [0.05, 0.1) is 5.60 Å². The molecular formula is C16H25N3O. The van der Waals surface area contributed by atoms with Crippen molar-refractivity contribution in [3.8, 4) is 0 Å². The van der Waals surface area contributed by atoms with Crippen LogP contribution in [0.15, 0.2) is 24.4 Å². The van der Waals surface area contributed by atoms with Crippen LogP contribution in [0.3, 0.4) is 0 Å². The predicted molar refractivity (Wildman–Crippen MR) is 80.9 cm³/mol. The first-order valence-electron chi connectivity index (χ1n) is 7.86. The van der Waals surface area contributed by atoms with Crippen LogP contribution in [0.25, 0.3) is 0 Å². The highest BCUT2D eigenvalue weighted by atomic mass is 16.3. The van der Waals surface area contributed by atoms with Crippen LogP contribution in [0.1, 0.15) is 32.1 Å². The molecule has 0 radical (unpaired) electrons. The van der Waals surface area contributed by atoms with Crippen LogP contribution in [0.5, 0.6) is 0 Å². The second-order valence-corrected chi connectivity index (χ2v) is 6.24. The lowest BCUT2D eigenvalue weighted by molar-refractivity contribution is -0.0271. The van der Waals surface area contributed by atoms with Crippen LogP contribution >= 0.6 is 0 Å². The molecule has 4 nitrogen and oxygen atoms in total. The van der Waals surface area contributed by atoms with E-state index in [1.54, 1.807) is 0 Å². The lowest BCUT2D eigenvalue weighted by atomic mass is 9.84. The molecule has 3 rings (SSSR count). The highest BCUT2D eigenvalue weighted by Gasteiger charge is 2.32. The van der Waals surface area contributed by atoms with Gasteiger partial charge in [0.2, 0.25) is 0 Å². The van der Waals surface area contributed by atoms with Crippen molar-refractivity contribution in [2.24, 2.45) is 0 Å². The average Bonchev–Trinajstić information content (AvgIpc) is 2.49. The molecule has 1 aliphatic heterocycles. The van der Waals surface area contributed by atoms with Gasteiger partial charge in [-0.05, 0) is 25.0 Å². The van der Waals surface area contributed by atoms with Crippen LogP contribution in [0, 0.1) is 0 Å². The Morgan fingerprint density at radius 2 is 1.80 bits per heavy atom. The Bertz CT molecular complexity index is 409. The molecule has 20 heavy (non-hydrogen) atoms. The van der Waals surface area contributed by atoms with E-state index in [2.05, 4.69) is 20.9 Å². The molecule has 0 bridgehead atoms. The van der Waals surface area contributed by atoms with Gasteiger partial charge in [0.1, 0.15) is 5.82 Å². The van der Waals surface area contributed by atoms with E-state index in [-0.39, 0.29) is 0 Å². The molecule has 1 saturated carbocycles. The van der Waals surface area contributed by atoms with Crippen LogP contribution in [-0.2, 0) is 0 Å². The van der Waals surface area contributed by atoms with E-state index in [0.717, 1.165) is 51.4 Å². The van der Waals surface area contributed by atoms with Crippen LogP contribution in [-0.4, -0.2) is 53.3 Å². The highest BCUT2D eigenvalue weighted by molar-refractivity contribution is 5.38. The lowest BCUT2D eigenvalue weighted by Crippen LogP contribution is -2.52. The molecule has 1 saturated heterocycles. The van der Waals surface area contributed by atoms with E-state index < -0.39 is 5.60 Å². The normalized spacial score (nSPS) is 23.8. The van der Waals surface area contributed by atoms with Gasteiger partial charge in [0.15, 0.2) is 0 Å². The Morgan fingerprint density at radius 1 is 1.05 bits per heavy atom. The van der Waals surface area contributed by atoms with Crippen molar-refractivity contribution in [1.82, 2.24) is 9.88 Å². The maximum Gasteiger partial charge on any atom is 0.128 e. The van der Waals surface area contributed by atoms with Gasteiger partial charge in [0, 0.05) is 38.9 Å². The summed E-state index contributed by atoms with van der Waals surface area (Å²) in [6.45, 7) is 4.92. The molecule has 1 aromatic heterocycles. The SMILES string of the molecule is OC1(CN2CCN(c3ccccn3)CC2)CCCCC1. The smallest absolute Gasteiger partial charge is 0.128 e. The maximum absolute atomic E-state index is 10.6. The lowest BCUT2D eigenvalue weighted by Gasteiger charge is -2.41. The van der Waals surface area contributed by atoms with Crippen LogP contribution in [0.2, 0.25) is 0 Å². The Balaban J connectivity index is 1.51. The van der Waals surface area contributed by atoms with Crippen molar-refractivity contribution < 1.29 is 5.11 Å². The number of hydrogen-bond acceptors (Lipinski definition) is 4. The standard InChI is InChI=1S/C16H25N3O/c20-16(7-3-1-4-8-16)14-18-10-12-19(13-11-18)15-6-2-5-9-17-15/h2,5-6,9,20H,1,3-4,7-8,10-14H2. The monoisotopic (exact) mass is 275 g/mol. The maximum atomic E-state index is 10.6. The molecule has 2 aliphatic rings. The number of rotatable bonds is 3. The minimum absolute atomic E-state index is 0.425. The van der Waals surface area contributed by atoms with Crippen molar-refractivity contribution in [3.63, 3.8) is 0 Å². The summed E-state index contributed by atoms with van der Waals surface area (Å²) in [4.78, 5) is 9.17. The highest BCUT2D eigenvalue weighted by Crippen LogP contribution is 2.29. The minimum atomic E-state index is -0.425. The summed E-state index contributed by atoms with van der Waals surface area (Å²) in [6, 6.07) is 6.07. The molecule has 1 aromatic rings. The fraction of sp³-hybridized carbons (Fsp3) is 0.688. The molecule has 1 aliphatic carbocycles. The van der Waals surface area contributed by atoms with Crippen LogP contribution < -0.4 is 4.90 Å². The van der Waals surface area contributed by atoms with Gasteiger partial charge in [0.25, 0.3) is 0 Å². The summed E-state index contributed by atoms with van der Waals surface area (Å²) in [7, 11) is 0. The summed E-state index contributed by atoms with van der Waals surface area (Å²) in [5.41, 5.74) is -0.425. The van der Waals surface area contributed by atoms with Crippen molar-refractivity contribution >= 4 is 5.82 Å². The second kappa shape index (κ2) is 6.10. The van der Waals surface area contributed by atoms with Crippen molar-refractivity contribution in [1.29, 1.82) is 0 Å². The summed E-state index contributed by atoms with van der Waals surface area (Å²) in [5.74, 6) is 1.07. The largest absolute Gasteiger partial charge is 0.389 e. The number of pyridine rings is 1. The number of β-amino-alcohol motifs (C(OH)–C–C–N with tert-alkyl or cyclic N) is 1. The zero-order valence-corrected chi connectivity index (χ0v) is 12.2. The first-order chi connectivity index (χ1) is 9.75. The number of aromatic nitrogens is 1. The third-order valence-corrected chi connectivity index (χ3v) is 4.65. The van der Waals surface area contributed by atoms with Gasteiger partial charge in [-0.25, -0.2) is 4.98 Å². The fourth-order valence-corrected chi connectivity index (χ4v) is 3.46. The summed E-state index contributed by atoms with van der Waals surface area (Å²) in [6.07, 6.45) is 7.47. The molecule has 0 spiro atoms. The Morgan fingerprint density at radius 3 is 2.45 bits per heavy atom. The van der Waals surface area contributed by atoms with Gasteiger partial charge in [-0.15, -0.1) is 0 Å². The summed E-state index contributed by atoms with van der Waals surface area (Å²) in [5, 5.41) is 10.6. The Labute approximate surface area is 121 Å². The quantitative estimate of drug-likeness (QED) is 0.914. The van der Waals surface area contributed by atoms with E-state index in [0.29, 0.717) is 0 Å². The molecule has 0 amide bonds. The number of aliphatic hydroxyl groups is 1. The molecule has 4 heteroatoms. The third-order valence-electron chi connectivity index (χ3n) is 4.65. The molecular weight excluding hydrogens is 250 g/mol. The zero-order chi connectivity index (χ0) is 13.8. The Kier molecular flexibility index (Phi) is 4.22. The van der Waals surface area contributed by atoms with Gasteiger partial charge in [-0.3, -0.25) is 4.90 Å². The molecule has 0 unspecified atom stereocenters. The van der Waals surface area contributed by atoms with Crippen molar-refractivity contribution in [3.05, 3.63) is 24.4 Å². The minimum Gasteiger partial charge on any atom is -0.389 e. The molecule has 1 N–H and O–H groups in total. The third kappa shape index (κ3) is 3.30. The van der Waals surface area contributed by atoms with Crippen molar-refractivity contribution in [2.75, 3.05) is 37.6 Å². The topological polar surface area (TPSA) is 39.6 Å². The first-order valence-corrected chi connectivity index (χ1v) is 7.86. The van der Waals surface area contributed by atoms with E-state index in [1.165, 1.54) is 19.3 Å². The molecule has 2 heterocycles. The zero-order valence-electron chi connectivity index (χ0n) is 12.2. The predicted octanol–water partition coefficient (Wildman–Crippen LogP) is 1.90.